The fourth-order valence-electron chi connectivity index (χ4n) is 9.20. The van der Waals surface area contributed by atoms with Crippen molar-refractivity contribution in [3.05, 3.63) is 128 Å². The Morgan fingerprint density at radius 2 is 1.58 bits per heavy atom. The first kappa shape index (κ1) is 35.3. The highest BCUT2D eigenvalue weighted by molar-refractivity contribution is 9.13. The molecular formula is C42H37Br2N3O6. The second-order valence-electron chi connectivity index (χ2n) is 14.3. The van der Waals surface area contributed by atoms with Gasteiger partial charge in [-0.15, -0.1) is 0 Å². The summed E-state index contributed by atoms with van der Waals surface area (Å²) in [4.78, 5) is 60.4. The first-order valence-corrected chi connectivity index (χ1v) is 19.3. The largest absolute Gasteiger partial charge is 0.503 e. The van der Waals surface area contributed by atoms with E-state index >= 15 is 4.79 Å². The van der Waals surface area contributed by atoms with Crippen LogP contribution in [-0.4, -0.2) is 40.9 Å². The van der Waals surface area contributed by atoms with Crippen LogP contribution in [-0.2, 0) is 31.0 Å². The molecule has 1 saturated carbocycles. The van der Waals surface area contributed by atoms with E-state index in [0.29, 0.717) is 31.4 Å². The molecule has 4 aromatic carbocycles. The van der Waals surface area contributed by atoms with Gasteiger partial charge in [0.25, 0.3) is 11.8 Å². The van der Waals surface area contributed by atoms with Crippen LogP contribution in [0.15, 0.2) is 106 Å². The number of nitrogens with zero attached hydrogens (tertiary/aromatic N) is 2. The number of hydrogen-bond acceptors (Lipinski definition) is 7. The van der Waals surface area contributed by atoms with Crippen molar-refractivity contribution in [3.8, 4) is 11.5 Å². The molecule has 0 spiro atoms. The molecule has 9 nitrogen and oxygen atoms in total. The molecule has 3 fully saturated rings. The van der Waals surface area contributed by atoms with Gasteiger partial charge in [0.15, 0.2) is 11.5 Å². The lowest BCUT2D eigenvalue weighted by Gasteiger charge is -2.51. The molecule has 53 heavy (non-hydrogen) atoms. The molecule has 11 heteroatoms. The second kappa shape index (κ2) is 13.3. The average Bonchev–Trinajstić information content (AvgIpc) is 3.56. The van der Waals surface area contributed by atoms with Crippen LogP contribution >= 0.6 is 31.9 Å². The number of phenols is 1. The van der Waals surface area contributed by atoms with Gasteiger partial charge < -0.3 is 9.84 Å². The molecular weight excluding hydrogens is 802 g/mol. The Kier molecular flexibility index (Phi) is 8.85. The van der Waals surface area contributed by atoms with E-state index < -0.39 is 46.8 Å². The summed E-state index contributed by atoms with van der Waals surface area (Å²) in [7, 11) is 1.45. The number of benzene rings is 4. The number of ether oxygens (including phenoxy) is 1. The number of imide groups is 2. The minimum atomic E-state index is -1.48. The van der Waals surface area contributed by atoms with Gasteiger partial charge in [0.2, 0.25) is 11.8 Å². The Labute approximate surface area is 324 Å². The van der Waals surface area contributed by atoms with Crippen LogP contribution in [0.1, 0.15) is 47.9 Å². The van der Waals surface area contributed by atoms with Crippen molar-refractivity contribution in [2.45, 2.75) is 44.4 Å². The number of anilines is 2. The molecule has 2 saturated heterocycles. The summed E-state index contributed by atoms with van der Waals surface area (Å²) in [6.45, 7) is 4.01. The number of aryl methyl sites for hydroxylation is 2. The number of halogens is 2. The number of rotatable bonds is 7. The van der Waals surface area contributed by atoms with Gasteiger partial charge in [-0.3, -0.25) is 29.5 Å². The molecule has 8 rings (SSSR count). The highest BCUT2D eigenvalue weighted by Gasteiger charge is 2.70. The van der Waals surface area contributed by atoms with Crippen molar-refractivity contribution in [1.29, 1.82) is 0 Å². The monoisotopic (exact) mass is 837 g/mol. The molecule has 0 aromatic heterocycles. The average molecular weight is 840 g/mol. The predicted octanol–water partition coefficient (Wildman–Crippen LogP) is 7.99. The van der Waals surface area contributed by atoms with E-state index in [1.807, 2.05) is 98.8 Å². The summed E-state index contributed by atoms with van der Waals surface area (Å²) in [6.07, 6.45) is 3.30. The Balaban J connectivity index is 1.34. The molecule has 6 unspecified atom stereocenters. The van der Waals surface area contributed by atoms with E-state index in [0.717, 1.165) is 28.1 Å². The predicted molar refractivity (Wildman–Crippen MR) is 207 cm³/mol. The number of carbonyl (C=O) groups excluding carboxylic acids is 4. The summed E-state index contributed by atoms with van der Waals surface area (Å²) in [5.41, 5.74) is 6.91. The number of fused-ring (bicyclic) bond motifs is 4. The minimum Gasteiger partial charge on any atom is -0.503 e. The molecule has 4 aliphatic rings. The van der Waals surface area contributed by atoms with E-state index in [1.165, 1.54) is 12.0 Å². The third-order valence-electron chi connectivity index (χ3n) is 11.7. The smallest absolute Gasteiger partial charge is 0.260 e. The Morgan fingerprint density at radius 3 is 2.25 bits per heavy atom. The van der Waals surface area contributed by atoms with E-state index in [-0.39, 0.29) is 36.2 Å². The summed E-state index contributed by atoms with van der Waals surface area (Å²) >= 11 is 7.28. The number of allylic oxidation sites excluding steroid dienone is 2. The summed E-state index contributed by atoms with van der Waals surface area (Å²) in [5, 5.41) is 12.2. The number of nitrogens with one attached hydrogen (secondary N) is 1. The maximum atomic E-state index is 15.4. The van der Waals surface area contributed by atoms with Gasteiger partial charge >= 0.3 is 0 Å². The summed E-state index contributed by atoms with van der Waals surface area (Å²) in [5.74, 6) is -5.02. The van der Waals surface area contributed by atoms with Crippen molar-refractivity contribution in [2.24, 2.45) is 23.7 Å². The maximum Gasteiger partial charge on any atom is 0.260 e. The fraction of sp³-hybridized carbons (Fsp3) is 0.286. The normalized spacial score (nSPS) is 26.3. The third-order valence-corrected chi connectivity index (χ3v) is 13.9. The number of amides is 4. The molecule has 0 radical (unpaired) electrons. The van der Waals surface area contributed by atoms with Gasteiger partial charge in [0, 0.05) is 10.4 Å². The topological polar surface area (TPSA) is 116 Å². The van der Waals surface area contributed by atoms with Gasteiger partial charge in [-0.05, 0) is 111 Å². The maximum absolute atomic E-state index is 15.4. The second-order valence-corrected chi connectivity index (χ2v) is 15.9. The zero-order chi connectivity index (χ0) is 37.3. The number of carbonyl (C=O) groups is 4. The van der Waals surface area contributed by atoms with E-state index in [9.17, 15) is 19.5 Å². The molecule has 2 N–H and O–H groups in total. The van der Waals surface area contributed by atoms with Gasteiger partial charge in [0.05, 0.1) is 46.1 Å². The van der Waals surface area contributed by atoms with Crippen LogP contribution in [0.3, 0.4) is 0 Å². The zero-order valence-electron chi connectivity index (χ0n) is 29.3. The molecule has 2 aliphatic carbocycles. The Hall–Kier alpha value is -4.74. The minimum absolute atomic E-state index is 0.128. The number of aromatic hydroxyl groups is 1. The highest BCUT2D eigenvalue weighted by atomic mass is 79.9. The van der Waals surface area contributed by atoms with Crippen LogP contribution in [0, 0.1) is 30.6 Å². The first-order valence-electron chi connectivity index (χ1n) is 17.7. The van der Waals surface area contributed by atoms with Crippen molar-refractivity contribution in [3.63, 3.8) is 0 Å². The van der Waals surface area contributed by atoms with Crippen LogP contribution < -0.4 is 15.1 Å². The van der Waals surface area contributed by atoms with E-state index in [1.54, 1.807) is 6.07 Å². The van der Waals surface area contributed by atoms with Crippen LogP contribution in [0.25, 0.3) is 0 Å². The van der Waals surface area contributed by atoms with Crippen LogP contribution in [0.4, 0.5) is 11.4 Å². The van der Waals surface area contributed by atoms with Gasteiger partial charge in [0.1, 0.15) is 0 Å². The first-order chi connectivity index (χ1) is 25.5. The molecule has 2 heterocycles. The summed E-state index contributed by atoms with van der Waals surface area (Å²) < 4.78 is 6.44. The molecule has 4 amide bonds. The SMILES string of the molecule is CCc1ccc(N2C(=O)C3CC=C4C(CC5C(=O)N(Nc6ccc(C)cc6)C(=O)C5(c5ccccc5)C4c4cc(OC)c(O)c(Br)c4Br)C3C2=O)cc1. The van der Waals surface area contributed by atoms with Crippen molar-refractivity contribution >= 4 is 66.9 Å². The number of methoxy groups -OCH3 is 1. The third kappa shape index (κ3) is 5.21. The van der Waals surface area contributed by atoms with Crippen molar-refractivity contribution in [1.82, 2.24) is 5.01 Å². The Bertz CT molecular complexity index is 2210. The number of hydrazine groups is 1. The quantitative estimate of drug-likeness (QED) is 0.143. The molecule has 4 aromatic rings. The lowest BCUT2D eigenvalue weighted by atomic mass is 9.49. The Morgan fingerprint density at radius 1 is 0.887 bits per heavy atom. The highest BCUT2D eigenvalue weighted by Crippen LogP contribution is 2.65. The van der Waals surface area contributed by atoms with E-state index in [4.69, 9.17) is 4.74 Å². The lowest BCUT2D eigenvalue weighted by molar-refractivity contribution is -0.138. The van der Waals surface area contributed by atoms with Crippen molar-refractivity contribution in [2.75, 3.05) is 17.4 Å². The number of hydrogen-bond donors (Lipinski definition) is 2. The lowest BCUT2D eigenvalue weighted by Crippen LogP contribution is -2.53. The van der Waals surface area contributed by atoms with Gasteiger partial charge in [-0.25, -0.2) is 0 Å². The fourth-order valence-corrected chi connectivity index (χ4v) is 10.2. The molecule has 270 valence electrons. The standard InChI is InChI=1S/C42H37Br2N3O6/c1-4-23-12-16-26(17-13-23)46-38(49)28-19-18-27-29(33(28)40(46)51)20-31-39(50)47(45-25-14-10-22(2)11-15-25)41(52)42(31,24-8-6-5-7-9-24)34(27)30-21-32(53-3)37(48)36(44)35(30)43/h5-18,21,28-29,31,33-34,45,48H,4,19-20H2,1-3H3. The van der Waals surface area contributed by atoms with Gasteiger partial charge in [-0.2, -0.15) is 5.01 Å². The van der Waals surface area contributed by atoms with Crippen molar-refractivity contribution < 1.29 is 29.0 Å². The molecule has 6 atom stereocenters. The van der Waals surface area contributed by atoms with Crippen LogP contribution in [0.5, 0.6) is 11.5 Å². The van der Waals surface area contributed by atoms with Gasteiger partial charge in [-0.1, -0.05) is 78.7 Å². The van der Waals surface area contributed by atoms with E-state index in [2.05, 4.69) is 37.3 Å². The molecule has 0 bridgehead atoms. The van der Waals surface area contributed by atoms with Crippen LogP contribution in [0.2, 0.25) is 0 Å². The zero-order valence-corrected chi connectivity index (χ0v) is 32.5. The summed E-state index contributed by atoms with van der Waals surface area (Å²) in [6, 6.07) is 25.9. The molecule has 2 aliphatic heterocycles. The number of phenolic OH excluding ortho intramolecular Hbond substituents is 1.